The zero-order chi connectivity index (χ0) is 11.5. The van der Waals surface area contributed by atoms with E-state index in [1.54, 1.807) is 19.1 Å². The number of nitrogens with one attached hydrogen (secondary N) is 1. The van der Waals surface area contributed by atoms with Crippen molar-refractivity contribution in [2.75, 3.05) is 18.5 Å². The second-order valence-corrected chi connectivity index (χ2v) is 3.36. The van der Waals surface area contributed by atoms with Crippen molar-refractivity contribution < 1.29 is 18.7 Å². The predicted molar refractivity (Wildman–Crippen MR) is 55.9 cm³/mol. The van der Waals surface area contributed by atoms with Crippen LogP contribution in [0.1, 0.15) is 6.92 Å². The molecule has 1 atom stereocenters. The van der Waals surface area contributed by atoms with Crippen molar-refractivity contribution in [3.63, 3.8) is 0 Å². The first kappa shape index (κ1) is 10.7. The van der Waals surface area contributed by atoms with Crippen molar-refractivity contribution in [3.8, 4) is 5.75 Å². The Morgan fingerprint density at radius 1 is 1.69 bits per heavy atom. The first-order valence-electron chi connectivity index (χ1n) is 5.08. The fourth-order valence-electron chi connectivity index (χ4n) is 1.52. The highest BCUT2D eigenvalue weighted by Gasteiger charge is 2.28. The maximum Gasteiger partial charge on any atom is 0.349 e. The van der Waals surface area contributed by atoms with Crippen LogP contribution in [-0.2, 0) is 9.53 Å². The first-order valence-corrected chi connectivity index (χ1v) is 5.08. The normalized spacial score (nSPS) is 18.0. The van der Waals surface area contributed by atoms with Crippen molar-refractivity contribution in [2.45, 2.75) is 13.0 Å². The molecule has 0 amide bonds. The van der Waals surface area contributed by atoms with Gasteiger partial charge < -0.3 is 14.8 Å². The molecule has 1 N–H and O–H groups in total. The molecule has 2 rings (SSSR count). The number of carbonyl (C=O) groups is 1. The maximum absolute atomic E-state index is 13.4. The van der Waals surface area contributed by atoms with Gasteiger partial charge in [-0.2, -0.15) is 0 Å². The second-order valence-electron chi connectivity index (χ2n) is 3.36. The molecule has 1 aromatic rings. The minimum atomic E-state index is -0.788. The Hall–Kier alpha value is -1.78. The lowest BCUT2D eigenvalue weighted by atomic mass is 10.2. The lowest BCUT2D eigenvalue weighted by Gasteiger charge is -2.25. The molecule has 16 heavy (non-hydrogen) atoms. The summed E-state index contributed by atoms with van der Waals surface area (Å²) >= 11 is 0. The molecule has 0 fully saturated rings. The van der Waals surface area contributed by atoms with Crippen LogP contribution in [-0.4, -0.2) is 25.2 Å². The molecule has 86 valence electrons. The van der Waals surface area contributed by atoms with E-state index in [1.807, 2.05) is 0 Å². The summed E-state index contributed by atoms with van der Waals surface area (Å²) in [7, 11) is 0. The van der Waals surface area contributed by atoms with Crippen LogP contribution in [0.25, 0.3) is 0 Å². The van der Waals surface area contributed by atoms with E-state index in [0.29, 0.717) is 5.69 Å². The van der Waals surface area contributed by atoms with Crippen LogP contribution >= 0.6 is 0 Å². The quantitative estimate of drug-likeness (QED) is 0.776. The highest BCUT2D eigenvalue weighted by Crippen LogP contribution is 2.31. The lowest BCUT2D eigenvalue weighted by Crippen LogP contribution is -2.39. The number of fused-ring (bicyclic) bond motifs is 1. The third-order valence-corrected chi connectivity index (χ3v) is 2.25. The van der Waals surface area contributed by atoms with Gasteiger partial charge in [-0.25, -0.2) is 9.18 Å². The number of carbonyl (C=O) groups excluding carboxylic acids is 1. The van der Waals surface area contributed by atoms with E-state index < -0.39 is 17.9 Å². The topological polar surface area (TPSA) is 47.6 Å². The van der Waals surface area contributed by atoms with E-state index in [1.165, 1.54) is 6.07 Å². The van der Waals surface area contributed by atoms with Crippen LogP contribution in [0.5, 0.6) is 5.75 Å². The van der Waals surface area contributed by atoms with E-state index in [0.717, 1.165) is 0 Å². The van der Waals surface area contributed by atoms with Crippen LogP contribution < -0.4 is 10.1 Å². The Balaban J connectivity index is 2.17. The van der Waals surface area contributed by atoms with Crippen LogP contribution in [0, 0.1) is 5.82 Å². The van der Waals surface area contributed by atoms with Gasteiger partial charge in [0, 0.05) is 0 Å². The molecule has 1 heterocycles. The fraction of sp³-hybridized carbons (Fsp3) is 0.364. The average Bonchev–Trinajstić information content (AvgIpc) is 2.29. The predicted octanol–water partition coefficient (Wildman–Crippen LogP) is 1.56. The molecule has 1 aliphatic heterocycles. The molecule has 1 aliphatic rings. The molecule has 1 aromatic carbocycles. The molecule has 0 saturated carbocycles. The Labute approximate surface area is 92.4 Å². The highest BCUT2D eigenvalue weighted by molar-refractivity contribution is 5.77. The minimum Gasteiger partial charge on any atom is -0.472 e. The Morgan fingerprint density at radius 3 is 3.25 bits per heavy atom. The average molecular weight is 225 g/mol. The molecule has 0 bridgehead atoms. The van der Waals surface area contributed by atoms with Crippen LogP contribution in [0.3, 0.4) is 0 Å². The van der Waals surface area contributed by atoms with E-state index in [-0.39, 0.29) is 18.9 Å². The first-order chi connectivity index (χ1) is 7.72. The Morgan fingerprint density at radius 2 is 2.50 bits per heavy atom. The standard InChI is InChI=1S/C11H12FNO3/c1-2-15-11(14)9-6-13-8-5-3-4-7(12)10(8)16-9/h3-5,9,13H,2,6H2,1H3. The van der Waals surface area contributed by atoms with E-state index in [2.05, 4.69) is 5.32 Å². The fourth-order valence-corrected chi connectivity index (χ4v) is 1.52. The van der Waals surface area contributed by atoms with Crippen molar-refractivity contribution in [1.29, 1.82) is 0 Å². The molecule has 1 unspecified atom stereocenters. The van der Waals surface area contributed by atoms with Gasteiger partial charge >= 0.3 is 5.97 Å². The van der Waals surface area contributed by atoms with Gasteiger partial charge in [0.25, 0.3) is 0 Å². The van der Waals surface area contributed by atoms with Gasteiger partial charge in [0.1, 0.15) is 0 Å². The molecule has 5 heteroatoms. The van der Waals surface area contributed by atoms with E-state index >= 15 is 0 Å². The molecule has 0 spiro atoms. The summed E-state index contributed by atoms with van der Waals surface area (Å²) in [5, 5.41) is 2.93. The summed E-state index contributed by atoms with van der Waals surface area (Å²) in [4.78, 5) is 11.4. The smallest absolute Gasteiger partial charge is 0.349 e. The summed E-state index contributed by atoms with van der Waals surface area (Å²) in [6.45, 7) is 2.28. The third kappa shape index (κ3) is 1.93. The molecule has 4 nitrogen and oxygen atoms in total. The van der Waals surface area contributed by atoms with Gasteiger partial charge in [-0.05, 0) is 19.1 Å². The highest BCUT2D eigenvalue weighted by atomic mass is 19.1. The maximum atomic E-state index is 13.4. The van der Waals surface area contributed by atoms with Crippen LogP contribution in [0.15, 0.2) is 18.2 Å². The van der Waals surface area contributed by atoms with E-state index in [9.17, 15) is 9.18 Å². The summed E-state index contributed by atoms with van der Waals surface area (Å²) in [5.41, 5.74) is 0.556. The van der Waals surface area contributed by atoms with Crippen molar-refractivity contribution in [1.82, 2.24) is 0 Å². The van der Waals surface area contributed by atoms with Gasteiger partial charge in [0.2, 0.25) is 6.10 Å². The number of hydrogen-bond acceptors (Lipinski definition) is 4. The zero-order valence-corrected chi connectivity index (χ0v) is 8.83. The SMILES string of the molecule is CCOC(=O)C1CNc2cccc(F)c2O1. The van der Waals surface area contributed by atoms with Crippen LogP contribution in [0.4, 0.5) is 10.1 Å². The van der Waals surface area contributed by atoms with Crippen molar-refractivity contribution >= 4 is 11.7 Å². The number of rotatable bonds is 2. The zero-order valence-electron chi connectivity index (χ0n) is 8.83. The number of hydrogen-bond donors (Lipinski definition) is 1. The molecule has 0 aliphatic carbocycles. The largest absolute Gasteiger partial charge is 0.472 e. The van der Waals surface area contributed by atoms with Crippen molar-refractivity contribution in [2.24, 2.45) is 0 Å². The molecular formula is C11H12FNO3. The molecule has 0 saturated heterocycles. The molecular weight excluding hydrogens is 213 g/mol. The van der Waals surface area contributed by atoms with Gasteiger partial charge in [0.05, 0.1) is 18.8 Å². The van der Waals surface area contributed by atoms with Crippen LogP contribution in [0.2, 0.25) is 0 Å². The third-order valence-electron chi connectivity index (χ3n) is 2.25. The number of ether oxygens (including phenoxy) is 2. The minimum absolute atomic E-state index is 0.0757. The lowest BCUT2D eigenvalue weighted by molar-refractivity contribution is -0.151. The monoisotopic (exact) mass is 225 g/mol. The number of halogens is 1. The van der Waals surface area contributed by atoms with Gasteiger partial charge in [-0.15, -0.1) is 0 Å². The second kappa shape index (κ2) is 4.38. The summed E-state index contributed by atoms with van der Waals surface area (Å²) in [6, 6.07) is 4.56. The number of para-hydroxylation sites is 1. The summed E-state index contributed by atoms with van der Waals surface area (Å²) < 4.78 is 23.5. The molecule has 0 radical (unpaired) electrons. The van der Waals surface area contributed by atoms with Gasteiger partial charge in [0.15, 0.2) is 11.6 Å². The summed E-state index contributed by atoms with van der Waals surface area (Å²) in [5.74, 6) is -0.894. The molecule has 0 aromatic heterocycles. The summed E-state index contributed by atoms with van der Waals surface area (Å²) in [6.07, 6.45) is -0.788. The number of anilines is 1. The number of esters is 1. The van der Waals surface area contributed by atoms with Gasteiger partial charge in [-0.3, -0.25) is 0 Å². The van der Waals surface area contributed by atoms with Crippen molar-refractivity contribution in [3.05, 3.63) is 24.0 Å². The number of benzene rings is 1. The Bertz CT molecular complexity index is 408. The van der Waals surface area contributed by atoms with E-state index in [4.69, 9.17) is 9.47 Å². The Kier molecular flexibility index (Phi) is 2.94. The van der Waals surface area contributed by atoms with Gasteiger partial charge in [-0.1, -0.05) is 6.07 Å².